The maximum atomic E-state index is 12.7. The average Bonchev–Trinajstić information content (AvgIpc) is 2.91. The highest BCUT2D eigenvalue weighted by Crippen LogP contribution is 2.46. The number of hydrogen-bond acceptors (Lipinski definition) is 0. The van der Waals surface area contributed by atoms with Crippen molar-refractivity contribution in [2.45, 2.75) is 30.3 Å². The van der Waals surface area contributed by atoms with Crippen molar-refractivity contribution in [3.05, 3.63) is 42.0 Å². The number of alkyl halides is 3. The second-order valence-corrected chi connectivity index (χ2v) is 7.73. The third kappa shape index (κ3) is 2.80. The minimum Gasteiger partial charge on any atom is -0.226 e. The third-order valence-corrected chi connectivity index (χ3v) is 6.61. The van der Waals surface area contributed by atoms with Crippen LogP contribution in [0.2, 0.25) is 0 Å². The average molecular weight is 298 g/mol. The molecule has 1 heterocycles. The smallest absolute Gasteiger partial charge is 0.226 e. The van der Waals surface area contributed by atoms with E-state index in [2.05, 4.69) is 0 Å². The molecule has 0 bridgehead atoms. The lowest BCUT2D eigenvalue weighted by atomic mass is 10.0. The topological polar surface area (TPSA) is 0 Å². The fourth-order valence-electron chi connectivity index (χ4n) is 2.95. The largest absolute Gasteiger partial charge is 0.393 e. The Bertz CT molecular complexity index is 613. The van der Waals surface area contributed by atoms with Gasteiger partial charge in [-0.05, 0) is 51.6 Å². The molecule has 1 fully saturated rings. The van der Waals surface area contributed by atoms with E-state index in [0.29, 0.717) is 5.56 Å². The molecule has 0 aromatic heterocycles. The molecule has 1 aliphatic rings. The summed E-state index contributed by atoms with van der Waals surface area (Å²) in [6, 6.07) is 11.2. The standard InChI is InChI=1S/C16H17F3S/c17-16(18,19)11-12-7-8-15(20-9-3-4-10-20)14-6-2-1-5-13(12)14/h1-2,5-8,20H,3-4,9-11H2. The van der Waals surface area contributed by atoms with Gasteiger partial charge in [0.2, 0.25) is 0 Å². The maximum Gasteiger partial charge on any atom is 0.393 e. The lowest BCUT2D eigenvalue weighted by Gasteiger charge is -2.19. The molecule has 0 N–H and O–H groups in total. The Balaban J connectivity index is 2.09. The molecule has 0 spiro atoms. The molecule has 0 saturated carbocycles. The summed E-state index contributed by atoms with van der Waals surface area (Å²) in [7, 11) is -0.167. The minimum absolute atomic E-state index is 0.167. The quantitative estimate of drug-likeness (QED) is 0.733. The molecule has 0 aliphatic carbocycles. The monoisotopic (exact) mass is 298 g/mol. The Labute approximate surface area is 119 Å². The lowest BCUT2D eigenvalue weighted by Crippen LogP contribution is -2.11. The molecule has 2 aromatic rings. The zero-order valence-electron chi connectivity index (χ0n) is 11.1. The van der Waals surface area contributed by atoms with Gasteiger partial charge in [0, 0.05) is 0 Å². The zero-order chi connectivity index (χ0) is 14.2. The van der Waals surface area contributed by atoms with Gasteiger partial charge in [-0.1, -0.05) is 30.3 Å². The van der Waals surface area contributed by atoms with Crippen LogP contribution in [-0.4, -0.2) is 17.7 Å². The molecule has 3 rings (SSSR count). The molecule has 108 valence electrons. The van der Waals surface area contributed by atoms with Crippen molar-refractivity contribution >= 4 is 21.7 Å². The van der Waals surface area contributed by atoms with Crippen molar-refractivity contribution in [1.29, 1.82) is 0 Å². The van der Waals surface area contributed by atoms with Crippen LogP contribution in [0.5, 0.6) is 0 Å². The van der Waals surface area contributed by atoms with E-state index in [-0.39, 0.29) is 10.9 Å². The van der Waals surface area contributed by atoms with Gasteiger partial charge >= 0.3 is 6.18 Å². The molecule has 0 radical (unpaired) electrons. The van der Waals surface area contributed by atoms with E-state index in [1.54, 1.807) is 6.07 Å². The summed E-state index contributed by atoms with van der Waals surface area (Å²) in [5, 5.41) is 1.80. The zero-order valence-corrected chi connectivity index (χ0v) is 12.0. The van der Waals surface area contributed by atoms with Crippen molar-refractivity contribution in [1.82, 2.24) is 0 Å². The van der Waals surface area contributed by atoms with Gasteiger partial charge in [-0.2, -0.15) is 13.2 Å². The molecule has 20 heavy (non-hydrogen) atoms. The van der Waals surface area contributed by atoms with E-state index < -0.39 is 12.6 Å². The fraction of sp³-hybridized carbons (Fsp3) is 0.375. The number of thiol groups is 1. The maximum absolute atomic E-state index is 12.7. The summed E-state index contributed by atoms with van der Waals surface area (Å²) in [4.78, 5) is 1.29. The fourth-order valence-corrected chi connectivity index (χ4v) is 5.69. The van der Waals surface area contributed by atoms with Gasteiger partial charge in [-0.3, -0.25) is 0 Å². The van der Waals surface area contributed by atoms with Crippen LogP contribution in [0.25, 0.3) is 10.8 Å². The number of benzene rings is 2. The summed E-state index contributed by atoms with van der Waals surface area (Å²) in [6.45, 7) is 0. The molecule has 2 aromatic carbocycles. The number of hydrogen-bond donors (Lipinski definition) is 1. The highest BCUT2D eigenvalue weighted by Gasteiger charge is 2.29. The van der Waals surface area contributed by atoms with Crippen LogP contribution in [0.3, 0.4) is 0 Å². The molecular formula is C16H17F3S. The number of halogens is 3. The summed E-state index contributed by atoms with van der Waals surface area (Å²) >= 11 is 0. The van der Waals surface area contributed by atoms with Crippen LogP contribution in [0.15, 0.2) is 41.3 Å². The summed E-state index contributed by atoms with van der Waals surface area (Å²) < 4.78 is 38.0. The van der Waals surface area contributed by atoms with Gasteiger partial charge in [-0.15, -0.1) is 0 Å². The van der Waals surface area contributed by atoms with E-state index in [0.717, 1.165) is 10.8 Å². The highest BCUT2D eigenvalue weighted by atomic mass is 32.2. The first-order valence-electron chi connectivity index (χ1n) is 6.87. The second kappa shape index (κ2) is 5.32. The number of rotatable bonds is 2. The predicted molar refractivity (Wildman–Crippen MR) is 79.9 cm³/mol. The summed E-state index contributed by atoms with van der Waals surface area (Å²) in [5.74, 6) is 2.44. The third-order valence-electron chi connectivity index (χ3n) is 3.83. The van der Waals surface area contributed by atoms with Crippen LogP contribution in [-0.2, 0) is 6.42 Å². The van der Waals surface area contributed by atoms with E-state index in [1.807, 2.05) is 30.3 Å². The molecular weight excluding hydrogens is 281 g/mol. The second-order valence-electron chi connectivity index (χ2n) is 5.28. The predicted octanol–water partition coefficient (Wildman–Crippen LogP) is 5.10. The first-order valence-corrected chi connectivity index (χ1v) is 8.58. The van der Waals surface area contributed by atoms with Gasteiger partial charge in [0.1, 0.15) is 0 Å². The van der Waals surface area contributed by atoms with Crippen LogP contribution in [0.4, 0.5) is 13.2 Å². The first kappa shape index (κ1) is 13.8. The Morgan fingerprint density at radius 1 is 0.900 bits per heavy atom. The van der Waals surface area contributed by atoms with Gasteiger partial charge in [0.05, 0.1) is 6.42 Å². The normalized spacial score (nSPS) is 17.9. The summed E-state index contributed by atoms with van der Waals surface area (Å²) in [5.41, 5.74) is 0.394. The molecule has 0 atom stereocenters. The van der Waals surface area contributed by atoms with Gasteiger partial charge < -0.3 is 0 Å². The number of fused-ring (bicyclic) bond motifs is 1. The van der Waals surface area contributed by atoms with Gasteiger partial charge in [-0.25, -0.2) is 10.9 Å². The first-order chi connectivity index (χ1) is 9.54. The van der Waals surface area contributed by atoms with Crippen molar-refractivity contribution in [3.8, 4) is 0 Å². The van der Waals surface area contributed by atoms with E-state index >= 15 is 0 Å². The van der Waals surface area contributed by atoms with Crippen molar-refractivity contribution < 1.29 is 13.2 Å². The molecule has 0 unspecified atom stereocenters. The molecule has 4 heteroatoms. The lowest BCUT2D eigenvalue weighted by molar-refractivity contribution is -0.127. The van der Waals surface area contributed by atoms with Crippen LogP contribution >= 0.6 is 10.9 Å². The van der Waals surface area contributed by atoms with Crippen LogP contribution in [0.1, 0.15) is 18.4 Å². The van der Waals surface area contributed by atoms with Gasteiger partial charge in [0.15, 0.2) is 0 Å². The van der Waals surface area contributed by atoms with Gasteiger partial charge in [0.25, 0.3) is 0 Å². The summed E-state index contributed by atoms with van der Waals surface area (Å²) in [6.07, 6.45) is -2.48. The van der Waals surface area contributed by atoms with E-state index in [9.17, 15) is 13.2 Å². The molecule has 1 aliphatic heterocycles. The SMILES string of the molecule is FC(F)(F)Cc1ccc([SH]2CCCC2)c2ccccc12. The molecule has 0 amide bonds. The Morgan fingerprint density at radius 3 is 2.20 bits per heavy atom. The molecule has 1 saturated heterocycles. The van der Waals surface area contributed by atoms with Crippen molar-refractivity contribution in [3.63, 3.8) is 0 Å². The Kier molecular flexibility index (Phi) is 3.67. The Hall–Kier alpha value is -1.16. The van der Waals surface area contributed by atoms with Crippen LogP contribution < -0.4 is 0 Å². The van der Waals surface area contributed by atoms with Crippen molar-refractivity contribution in [2.24, 2.45) is 0 Å². The van der Waals surface area contributed by atoms with E-state index in [1.165, 1.54) is 29.2 Å². The Morgan fingerprint density at radius 2 is 1.55 bits per heavy atom. The molecule has 0 nitrogen and oxygen atoms in total. The van der Waals surface area contributed by atoms with Crippen LogP contribution in [0, 0.1) is 0 Å². The minimum atomic E-state index is -4.15. The highest BCUT2D eigenvalue weighted by molar-refractivity contribution is 8.17. The van der Waals surface area contributed by atoms with Crippen molar-refractivity contribution in [2.75, 3.05) is 11.5 Å². The van der Waals surface area contributed by atoms with E-state index in [4.69, 9.17) is 0 Å².